The van der Waals surface area contributed by atoms with Gasteiger partial charge in [0, 0.05) is 28.4 Å². The fourth-order valence-electron chi connectivity index (χ4n) is 3.68. The highest BCUT2D eigenvalue weighted by Crippen LogP contribution is 2.31. The third kappa shape index (κ3) is 5.10. The molecule has 2 aromatic carbocycles. The van der Waals surface area contributed by atoms with Crippen LogP contribution in [0.15, 0.2) is 54.9 Å². The molecule has 4 rings (SSSR count). The highest BCUT2D eigenvalue weighted by molar-refractivity contribution is 7.19. The number of anilines is 1. The highest BCUT2D eigenvalue weighted by atomic mass is 32.1. The number of nitrogens with zero attached hydrogens (tertiary/aromatic N) is 3. The molecule has 8 heteroatoms. The number of nitriles is 1. The zero-order valence-corrected chi connectivity index (χ0v) is 18.9. The number of carbonyl (C=O) groups is 1. The summed E-state index contributed by atoms with van der Waals surface area (Å²) in [6, 6.07) is 17.6. The molecule has 0 unspecified atom stereocenters. The van der Waals surface area contributed by atoms with E-state index in [1.165, 1.54) is 17.7 Å². The number of aliphatic carboxylic acids is 1. The van der Waals surface area contributed by atoms with E-state index in [0.29, 0.717) is 42.4 Å². The molecule has 0 atom stereocenters. The van der Waals surface area contributed by atoms with E-state index in [1.807, 2.05) is 43.3 Å². The van der Waals surface area contributed by atoms with Crippen LogP contribution in [0.25, 0.3) is 21.3 Å². The summed E-state index contributed by atoms with van der Waals surface area (Å²) < 4.78 is 6.76. The lowest BCUT2D eigenvalue weighted by Gasteiger charge is -2.12. The molecule has 0 radical (unpaired) electrons. The number of nitrogens with one attached hydrogen (secondary N) is 1. The van der Waals surface area contributed by atoms with Crippen molar-refractivity contribution in [2.75, 3.05) is 18.5 Å². The first kappa shape index (κ1) is 22.2. The van der Waals surface area contributed by atoms with Crippen molar-refractivity contribution >= 4 is 33.2 Å². The average molecular weight is 459 g/mol. The monoisotopic (exact) mass is 458 g/mol. The number of hydrogen-bond donors (Lipinski definition) is 2. The molecule has 4 aromatic rings. The van der Waals surface area contributed by atoms with E-state index in [2.05, 4.69) is 27.4 Å². The van der Waals surface area contributed by atoms with E-state index < -0.39 is 5.97 Å². The minimum Gasteiger partial charge on any atom is -0.494 e. The van der Waals surface area contributed by atoms with Crippen molar-refractivity contribution in [2.24, 2.45) is 0 Å². The number of thiophene rings is 1. The molecular formula is C25H22N4O3S. The van der Waals surface area contributed by atoms with Crippen molar-refractivity contribution in [3.8, 4) is 23.1 Å². The van der Waals surface area contributed by atoms with Gasteiger partial charge in [-0.15, -0.1) is 11.3 Å². The number of aromatic nitrogens is 2. The largest absolute Gasteiger partial charge is 0.494 e. The second-order valence-corrected chi connectivity index (χ2v) is 8.36. The van der Waals surface area contributed by atoms with Gasteiger partial charge in [-0.25, -0.2) is 9.97 Å². The number of ether oxygens (including phenoxy) is 1. The van der Waals surface area contributed by atoms with Crippen LogP contribution in [-0.4, -0.2) is 34.2 Å². The van der Waals surface area contributed by atoms with Crippen molar-refractivity contribution in [2.45, 2.75) is 19.8 Å². The molecule has 0 saturated heterocycles. The Bertz CT molecular complexity index is 1340. The smallest absolute Gasteiger partial charge is 0.307 e. The van der Waals surface area contributed by atoms with Crippen LogP contribution in [0, 0.1) is 11.3 Å². The minimum atomic E-state index is -0.907. The van der Waals surface area contributed by atoms with E-state index in [1.54, 1.807) is 6.07 Å². The molecule has 0 spiro atoms. The number of carboxylic acids is 1. The molecular weight excluding hydrogens is 436 g/mol. The normalized spacial score (nSPS) is 10.7. The van der Waals surface area contributed by atoms with Gasteiger partial charge in [0.25, 0.3) is 0 Å². The lowest BCUT2D eigenvalue weighted by molar-refractivity contribution is -0.136. The first-order valence-electron chi connectivity index (χ1n) is 10.5. The molecule has 33 heavy (non-hydrogen) atoms. The van der Waals surface area contributed by atoms with Crippen LogP contribution in [0.4, 0.5) is 5.82 Å². The van der Waals surface area contributed by atoms with Gasteiger partial charge in [0.1, 0.15) is 28.8 Å². The van der Waals surface area contributed by atoms with Gasteiger partial charge < -0.3 is 15.2 Å². The van der Waals surface area contributed by atoms with Gasteiger partial charge in [-0.05, 0) is 36.4 Å². The predicted octanol–water partition coefficient (Wildman–Crippen LogP) is 4.91. The third-order valence-corrected chi connectivity index (χ3v) is 6.27. The summed E-state index contributed by atoms with van der Waals surface area (Å²) in [5.41, 5.74) is 3.19. The van der Waals surface area contributed by atoms with E-state index in [-0.39, 0.29) is 6.42 Å². The van der Waals surface area contributed by atoms with Crippen molar-refractivity contribution in [1.29, 1.82) is 5.26 Å². The highest BCUT2D eigenvalue weighted by Gasteiger charge is 2.13. The van der Waals surface area contributed by atoms with Gasteiger partial charge >= 0.3 is 5.97 Å². The Morgan fingerprint density at radius 2 is 2.06 bits per heavy atom. The maximum atomic E-state index is 11.1. The fraction of sp³-hybridized carbons (Fsp3) is 0.200. The lowest BCUT2D eigenvalue weighted by Crippen LogP contribution is -2.07. The zero-order valence-electron chi connectivity index (χ0n) is 18.0. The molecule has 0 aliphatic heterocycles. The maximum Gasteiger partial charge on any atom is 0.307 e. The zero-order chi connectivity index (χ0) is 23.2. The Kier molecular flexibility index (Phi) is 6.81. The number of fused-ring (bicyclic) bond motifs is 1. The van der Waals surface area contributed by atoms with E-state index in [4.69, 9.17) is 9.84 Å². The Morgan fingerprint density at radius 1 is 1.21 bits per heavy atom. The van der Waals surface area contributed by atoms with E-state index in [9.17, 15) is 10.1 Å². The van der Waals surface area contributed by atoms with Crippen LogP contribution in [0.5, 0.6) is 5.75 Å². The summed E-state index contributed by atoms with van der Waals surface area (Å²) in [4.78, 5) is 20.5. The Hall–Kier alpha value is -3.96. The van der Waals surface area contributed by atoms with Crippen LogP contribution >= 0.6 is 11.3 Å². The van der Waals surface area contributed by atoms with Gasteiger partial charge in [0.05, 0.1) is 18.7 Å². The number of benzene rings is 2. The fourth-order valence-corrected chi connectivity index (χ4v) is 4.73. The van der Waals surface area contributed by atoms with Crippen LogP contribution in [0.1, 0.15) is 22.9 Å². The Labute approximate surface area is 195 Å². The second-order valence-electron chi connectivity index (χ2n) is 7.31. The van der Waals surface area contributed by atoms with Gasteiger partial charge in [-0.1, -0.05) is 30.3 Å². The molecule has 0 fully saturated rings. The second kappa shape index (κ2) is 10.1. The van der Waals surface area contributed by atoms with Crippen molar-refractivity contribution in [3.63, 3.8) is 0 Å². The predicted molar refractivity (Wildman–Crippen MR) is 129 cm³/mol. The third-order valence-electron chi connectivity index (χ3n) is 5.15. The summed E-state index contributed by atoms with van der Waals surface area (Å²) in [5, 5.41) is 23.1. The molecule has 2 heterocycles. The average Bonchev–Trinajstić information content (AvgIpc) is 3.18. The van der Waals surface area contributed by atoms with Crippen LogP contribution in [0.2, 0.25) is 0 Å². The van der Waals surface area contributed by atoms with Gasteiger partial charge in [-0.3, -0.25) is 4.79 Å². The van der Waals surface area contributed by atoms with Gasteiger partial charge in [-0.2, -0.15) is 5.26 Å². The molecule has 2 N–H and O–H groups in total. The minimum absolute atomic E-state index is 0.103. The van der Waals surface area contributed by atoms with Crippen molar-refractivity contribution in [3.05, 3.63) is 70.9 Å². The maximum absolute atomic E-state index is 11.1. The van der Waals surface area contributed by atoms with Crippen molar-refractivity contribution in [1.82, 2.24) is 9.97 Å². The van der Waals surface area contributed by atoms with Gasteiger partial charge in [0.2, 0.25) is 0 Å². The Balaban J connectivity index is 1.51. The van der Waals surface area contributed by atoms with Crippen LogP contribution in [-0.2, 0) is 17.6 Å². The summed E-state index contributed by atoms with van der Waals surface area (Å²) in [7, 11) is 0. The van der Waals surface area contributed by atoms with Gasteiger partial charge in [0.15, 0.2) is 0 Å². The summed E-state index contributed by atoms with van der Waals surface area (Å²) >= 11 is 1.52. The van der Waals surface area contributed by atoms with Crippen LogP contribution in [0.3, 0.4) is 0 Å². The standard InChI is InChI=1S/C25H22N4O3S/c1-2-32-21-11-16(7-8-17(21)12-25(30)31)20-13-24(29-15-28-20)27-10-9-19-18-5-3-4-6-22(18)33-23(19)14-26/h3-8,11,13,15H,2,9-10,12H2,1H3,(H,30,31)(H,27,28,29). The number of carboxylic acid groups (broad SMARTS) is 1. The first-order valence-corrected chi connectivity index (χ1v) is 11.3. The summed E-state index contributed by atoms with van der Waals surface area (Å²) in [6.45, 7) is 2.92. The summed E-state index contributed by atoms with van der Waals surface area (Å²) in [6.07, 6.45) is 2.09. The molecule has 0 bridgehead atoms. The molecule has 0 saturated carbocycles. The van der Waals surface area contributed by atoms with E-state index >= 15 is 0 Å². The first-order chi connectivity index (χ1) is 16.1. The quantitative estimate of drug-likeness (QED) is 0.367. The molecule has 0 aliphatic carbocycles. The topological polar surface area (TPSA) is 108 Å². The number of hydrogen-bond acceptors (Lipinski definition) is 7. The molecule has 2 aromatic heterocycles. The molecule has 0 aliphatic rings. The SMILES string of the molecule is CCOc1cc(-c2cc(NCCc3c(C#N)sc4ccccc34)ncn2)ccc1CC(=O)O. The van der Waals surface area contributed by atoms with Crippen molar-refractivity contribution < 1.29 is 14.6 Å². The van der Waals surface area contributed by atoms with E-state index in [0.717, 1.165) is 26.1 Å². The Morgan fingerprint density at radius 3 is 2.85 bits per heavy atom. The lowest BCUT2D eigenvalue weighted by atomic mass is 10.1. The molecule has 0 amide bonds. The van der Waals surface area contributed by atoms with Crippen LogP contribution < -0.4 is 10.1 Å². The summed E-state index contributed by atoms with van der Waals surface area (Å²) in [5.74, 6) is 0.305. The number of rotatable bonds is 9. The molecule has 7 nitrogen and oxygen atoms in total. The molecule has 166 valence electrons.